The number of hydrogen-bond acceptors (Lipinski definition) is 2. The fraction of sp³-hybridized carbons (Fsp3) is 0.300. The van der Waals surface area contributed by atoms with Gasteiger partial charge in [-0.3, -0.25) is 0 Å². The molecule has 0 aliphatic rings. The van der Waals surface area contributed by atoms with Gasteiger partial charge in [0.25, 0.3) is 0 Å². The van der Waals surface area contributed by atoms with E-state index in [1.54, 1.807) is 6.07 Å². The number of hydrogen-bond donors (Lipinski definition) is 1. The Labute approximate surface area is 87.8 Å². The number of primary amides is 1. The average molecular weight is 214 g/mol. The predicted octanol–water partition coefficient (Wildman–Crippen LogP) is 2.50. The zero-order valence-electron chi connectivity index (χ0n) is 8.13. The Hall–Kier alpha value is -1.22. The summed E-state index contributed by atoms with van der Waals surface area (Å²) in [5.74, 6) is 0.742. The maximum Gasteiger partial charge on any atom is 0.409 e. The van der Waals surface area contributed by atoms with Gasteiger partial charge in [0.05, 0.1) is 5.88 Å². The molecule has 0 bridgehead atoms. The predicted molar refractivity (Wildman–Crippen MR) is 55.7 cm³/mol. The molecule has 0 saturated heterocycles. The van der Waals surface area contributed by atoms with Crippen LogP contribution in [0, 0.1) is 13.8 Å². The van der Waals surface area contributed by atoms with E-state index in [1.165, 1.54) is 0 Å². The third-order valence-electron chi connectivity index (χ3n) is 2.17. The van der Waals surface area contributed by atoms with Crippen LogP contribution in [0.1, 0.15) is 16.7 Å². The number of rotatable bonds is 2. The molecule has 76 valence electrons. The van der Waals surface area contributed by atoms with Crippen molar-refractivity contribution in [2.24, 2.45) is 5.73 Å². The summed E-state index contributed by atoms with van der Waals surface area (Å²) >= 11 is 5.76. The second kappa shape index (κ2) is 4.33. The van der Waals surface area contributed by atoms with Crippen molar-refractivity contribution < 1.29 is 9.53 Å². The lowest BCUT2D eigenvalue weighted by atomic mass is 10.0. The molecule has 1 aromatic rings. The summed E-state index contributed by atoms with van der Waals surface area (Å²) in [6.45, 7) is 3.90. The minimum atomic E-state index is -0.820. The van der Waals surface area contributed by atoms with Gasteiger partial charge in [-0.25, -0.2) is 4.79 Å². The van der Waals surface area contributed by atoms with Gasteiger partial charge in [0, 0.05) is 5.56 Å². The molecule has 1 rings (SSSR count). The Bertz CT molecular complexity index is 363. The summed E-state index contributed by atoms with van der Waals surface area (Å²) in [7, 11) is 0. The van der Waals surface area contributed by atoms with E-state index in [1.807, 2.05) is 19.9 Å². The van der Waals surface area contributed by atoms with E-state index in [0.29, 0.717) is 11.6 Å². The highest BCUT2D eigenvalue weighted by molar-refractivity contribution is 6.17. The summed E-state index contributed by atoms with van der Waals surface area (Å²) in [6, 6.07) is 3.56. The van der Waals surface area contributed by atoms with E-state index in [-0.39, 0.29) is 0 Å². The van der Waals surface area contributed by atoms with Crippen LogP contribution in [-0.2, 0) is 5.88 Å². The minimum absolute atomic E-state index is 0.302. The molecule has 3 nitrogen and oxygen atoms in total. The largest absolute Gasteiger partial charge is 0.410 e. The number of aryl methyl sites for hydroxylation is 1. The second-order valence-electron chi connectivity index (χ2n) is 3.04. The Kier molecular flexibility index (Phi) is 3.36. The lowest BCUT2D eigenvalue weighted by Gasteiger charge is -2.11. The first-order valence-corrected chi connectivity index (χ1v) is 4.72. The maximum absolute atomic E-state index is 10.6. The van der Waals surface area contributed by atoms with Crippen LogP contribution in [0.15, 0.2) is 12.1 Å². The normalized spacial score (nSPS) is 9.93. The highest BCUT2D eigenvalue weighted by Crippen LogP contribution is 2.26. The molecule has 1 aromatic carbocycles. The molecule has 0 aromatic heterocycles. The SMILES string of the molecule is Cc1ccc(OC(N)=O)c(CCl)c1C. The molecule has 4 heteroatoms. The highest BCUT2D eigenvalue weighted by Gasteiger charge is 2.09. The van der Waals surface area contributed by atoms with Crippen molar-refractivity contribution in [3.63, 3.8) is 0 Å². The molecule has 0 unspecified atom stereocenters. The van der Waals surface area contributed by atoms with Crippen LogP contribution in [0.2, 0.25) is 0 Å². The van der Waals surface area contributed by atoms with Crippen LogP contribution in [0.5, 0.6) is 5.75 Å². The van der Waals surface area contributed by atoms with Gasteiger partial charge in [0.15, 0.2) is 0 Å². The molecule has 1 amide bonds. The molecule has 0 saturated carbocycles. The minimum Gasteiger partial charge on any atom is -0.410 e. The summed E-state index contributed by atoms with van der Waals surface area (Å²) in [5, 5.41) is 0. The number of carbonyl (C=O) groups excluding carboxylic acids is 1. The van der Waals surface area contributed by atoms with Crippen molar-refractivity contribution in [3.05, 3.63) is 28.8 Å². The van der Waals surface area contributed by atoms with Gasteiger partial charge in [0.1, 0.15) is 5.75 Å². The second-order valence-corrected chi connectivity index (χ2v) is 3.31. The topological polar surface area (TPSA) is 52.3 Å². The van der Waals surface area contributed by atoms with E-state index in [9.17, 15) is 4.79 Å². The molecule has 0 spiro atoms. The number of nitrogens with two attached hydrogens (primary N) is 1. The number of benzene rings is 1. The zero-order chi connectivity index (χ0) is 10.7. The number of amides is 1. The van der Waals surface area contributed by atoms with Gasteiger partial charge >= 0.3 is 6.09 Å². The van der Waals surface area contributed by atoms with Crippen molar-refractivity contribution in [1.82, 2.24) is 0 Å². The van der Waals surface area contributed by atoms with Crippen LogP contribution in [0.3, 0.4) is 0 Å². The quantitative estimate of drug-likeness (QED) is 0.768. The molecule has 0 atom stereocenters. The monoisotopic (exact) mass is 213 g/mol. The van der Waals surface area contributed by atoms with Crippen molar-refractivity contribution in [1.29, 1.82) is 0 Å². The fourth-order valence-electron chi connectivity index (χ4n) is 1.22. The van der Waals surface area contributed by atoms with E-state index in [0.717, 1.165) is 16.7 Å². The fourth-order valence-corrected chi connectivity index (χ4v) is 1.55. The third-order valence-corrected chi connectivity index (χ3v) is 2.44. The van der Waals surface area contributed by atoms with E-state index >= 15 is 0 Å². The summed E-state index contributed by atoms with van der Waals surface area (Å²) in [5.41, 5.74) is 7.88. The van der Waals surface area contributed by atoms with Gasteiger partial charge in [-0.05, 0) is 31.0 Å². The number of alkyl halides is 1. The van der Waals surface area contributed by atoms with E-state index in [2.05, 4.69) is 0 Å². The molecule has 0 aliphatic heterocycles. The first-order valence-electron chi connectivity index (χ1n) is 4.18. The zero-order valence-corrected chi connectivity index (χ0v) is 8.89. The molecule has 0 fully saturated rings. The first kappa shape index (κ1) is 10.9. The van der Waals surface area contributed by atoms with Gasteiger partial charge in [-0.2, -0.15) is 0 Å². The van der Waals surface area contributed by atoms with Crippen LogP contribution < -0.4 is 10.5 Å². The van der Waals surface area contributed by atoms with E-state index < -0.39 is 6.09 Å². The number of ether oxygens (including phenoxy) is 1. The van der Waals surface area contributed by atoms with Gasteiger partial charge in [-0.15, -0.1) is 11.6 Å². The molecule has 0 radical (unpaired) electrons. The van der Waals surface area contributed by atoms with Crippen LogP contribution in [0.25, 0.3) is 0 Å². The molecule has 2 N–H and O–H groups in total. The summed E-state index contributed by atoms with van der Waals surface area (Å²) in [6.07, 6.45) is -0.820. The molecule has 0 aliphatic carbocycles. The Morgan fingerprint density at radius 3 is 2.64 bits per heavy atom. The lowest BCUT2D eigenvalue weighted by Crippen LogP contribution is -2.17. The van der Waals surface area contributed by atoms with Crippen LogP contribution >= 0.6 is 11.6 Å². The molecule has 14 heavy (non-hydrogen) atoms. The van der Waals surface area contributed by atoms with Gasteiger partial charge in [0.2, 0.25) is 0 Å². The highest BCUT2D eigenvalue weighted by atomic mass is 35.5. The molecule has 0 heterocycles. The van der Waals surface area contributed by atoms with E-state index in [4.69, 9.17) is 22.1 Å². The third kappa shape index (κ3) is 2.17. The van der Waals surface area contributed by atoms with Gasteiger partial charge in [-0.1, -0.05) is 6.07 Å². The van der Waals surface area contributed by atoms with Gasteiger partial charge < -0.3 is 10.5 Å². The smallest absolute Gasteiger partial charge is 0.409 e. The van der Waals surface area contributed by atoms with Crippen molar-refractivity contribution in [2.75, 3.05) is 0 Å². The summed E-state index contributed by atoms with van der Waals surface area (Å²) < 4.78 is 4.83. The lowest BCUT2D eigenvalue weighted by molar-refractivity contribution is 0.210. The number of carbonyl (C=O) groups is 1. The molecular weight excluding hydrogens is 202 g/mol. The first-order chi connectivity index (χ1) is 6.56. The molecular formula is C10H12ClNO2. The Balaban J connectivity index is 3.17. The van der Waals surface area contributed by atoms with Crippen molar-refractivity contribution in [2.45, 2.75) is 19.7 Å². The standard InChI is InChI=1S/C10H12ClNO2/c1-6-3-4-9(14-10(12)13)8(5-11)7(6)2/h3-4H,5H2,1-2H3,(H2,12,13). The van der Waals surface area contributed by atoms with Crippen molar-refractivity contribution in [3.8, 4) is 5.75 Å². The summed E-state index contributed by atoms with van der Waals surface area (Å²) in [4.78, 5) is 10.6. The average Bonchev–Trinajstić information content (AvgIpc) is 2.11. The maximum atomic E-state index is 10.6. The van der Waals surface area contributed by atoms with Crippen LogP contribution in [0.4, 0.5) is 4.79 Å². The van der Waals surface area contributed by atoms with Crippen LogP contribution in [-0.4, -0.2) is 6.09 Å². The Morgan fingerprint density at radius 2 is 2.14 bits per heavy atom. The number of halogens is 1. The van der Waals surface area contributed by atoms with Crippen molar-refractivity contribution >= 4 is 17.7 Å². The Morgan fingerprint density at radius 1 is 1.50 bits per heavy atom.